The molecule has 1 aromatic rings. The third-order valence-electron chi connectivity index (χ3n) is 2.44. The molecule has 0 unspecified atom stereocenters. The van der Waals surface area contributed by atoms with Crippen molar-refractivity contribution >= 4 is 11.7 Å². The van der Waals surface area contributed by atoms with E-state index < -0.39 is 0 Å². The normalized spacial score (nSPS) is 10.2. The molecule has 1 rings (SSSR count). The number of esters is 1. The maximum absolute atomic E-state index is 11.0. The van der Waals surface area contributed by atoms with Crippen LogP contribution in [0.3, 0.4) is 0 Å². The van der Waals surface area contributed by atoms with Crippen molar-refractivity contribution in [3.05, 3.63) is 29.8 Å². The SMILES string of the molecule is CCOC(=O)CCNCCc1ccccc1N. The highest BCUT2D eigenvalue weighted by Gasteiger charge is 2.01. The van der Waals surface area contributed by atoms with Gasteiger partial charge >= 0.3 is 5.97 Å². The molecule has 0 spiro atoms. The number of carbonyl (C=O) groups excluding carboxylic acids is 1. The number of rotatable bonds is 7. The van der Waals surface area contributed by atoms with Crippen molar-refractivity contribution in [3.8, 4) is 0 Å². The molecule has 0 bridgehead atoms. The van der Waals surface area contributed by atoms with Crippen LogP contribution >= 0.6 is 0 Å². The summed E-state index contributed by atoms with van der Waals surface area (Å²) < 4.78 is 4.83. The zero-order chi connectivity index (χ0) is 12.5. The van der Waals surface area contributed by atoms with E-state index in [1.165, 1.54) is 0 Å². The molecule has 0 aliphatic carbocycles. The number of benzene rings is 1. The lowest BCUT2D eigenvalue weighted by Crippen LogP contribution is -2.22. The second-order valence-electron chi connectivity index (χ2n) is 3.75. The average Bonchev–Trinajstić information content (AvgIpc) is 2.31. The first kappa shape index (κ1) is 13.5. The van der Waals surface area contributed by atoms with Crippen molar-refractivity contribution in [1.29, 1.82) is 0 Å². The summed E-state index contributed by atoms with van der Waals surface area (Å²) in [5.74, 6) is -0.153. The number of para-hydroxylation sites is 1. The van der Waals surface area contributed by atoms with E-state index in [1.807, 2.05) is 31.2 Å². The van der Waals surface area contributed by atoms with Crippen LogP contribution in [0.2, 0.25) is 0 Å². The number of nitrogen functional groups attached to an aromatic ring is 1. The van der Waals surface area contributed by atoms with E-state index in [4.69, 9.17) is 10.5 Å². The van der Waals surface area contributed by atoms with Gasteiger partial charge in [-0.1, -0.05) is 18.2 Å². The topological polar surface area (TPSA) is 64.3 Å². The molecule has 4 heteroatoms. The molecule has 17 heavy (non-hydrogen) atoms. The first-order chi connectivity index (χ1) is 8.24. The van der Waals surface area contributed by atoms with Crippen molar-refractivity contribution in [1.82, 2.24) is 5.32 Å². The second kappa shape index (κ2) is 7.68. The zero-order valence-corrected chi connectivity index (χ0v) is 10.2. The summed E-state index contributed by atoms with van der Waals surface area (Å²) in [6.45, 7) is 3.71. The van der Waals surface area contributed by atoms with Gasteiger partial charge in [0, 0.05) is 12.2 Å². The number of ether oxygens (including phenoxy) is 1. The molecule has 0 atom stereocenters. The van der Waals surface area contributed by atoms with Gasteiger partial charge in [0.1, 0.15) is 0 Å². The molecule has 0 radical (unpaired) electrons. The van der Waals surface area contributed by atoms with E-state index in [-0.39, 0.29) is 5.97 Å². The Bertz CT molecular complexity index is 353. The molecule has 0 aromatic heterocycles. The lowest BCUT2D eigenvalue weighted by atomic mass is 10.1. The summed E-state index contributed by atoms with van der Waals surface area (Å²) in [5, 5.41) is 3.19. The standard InChI is InChI=1S/C13H20N2O2/c1-2-17-13(16)8-10-15-9-7-11-5-3-4-6-12(11)14/h3-6,15H,2,7-10,14H2,1H3. The van der Waals surface area contributed by atoms with Gasteiger partial charge < -0.3 is 15.8 Å². The molecule has 0 saturated carbocycles. The molecule has 0 saturated heterocycles. The minimum atomic E-state index is -0.153. The fourth-order valence-electron chi connectivity index (χ4n) is 1.53. The Morgan fingerprint density at radius 3 is 2.82 bits per heavy atom. The van der Waals surface area contributed by atoms with Gasteiger partial charge in [0.15, 0.2) is 0 Å². The van der Waals surface area contributed by atoms with E-state index >= 15 is 0 Å². The minimum Gasteiger partial charge on any atom is -0.466 e. The predicted octanol–water partition coefficient (Wildman–Crippen LogP) is 1.35. The number of nitrogens with two attached hydrogens (primary N) is 1. The fourth-order valence-corrected chi connectivity index (χ4v) is 1.53. The maximum atomic E-state index is 11.0. The van der Waals surface area contributed by atoms with Crippen LogP contribution in [-0.2, 0) is 16.0 Å². The molecule has 4 nitrogen and oxygen atoms in total. The van der Waals surface area contributed by atoms with Crippen LogP contribution in [-0.4, -0.2) is 25.7 Å². The van der Waals surface area contributed by atoms with Crippen molar-refractivity contribution in [2.24, 2.45) is 0 Å². The van der Waals surface area contributed by atoms with E-state index in [9.17, 15) is 4.79 Å². The number of carbonyl (C=O) groups is 1. The second-order valence-corrected chi connectivity index (χ2v) is 3.75. The van der Waals surface area contributed by atoms with Crippen molar-refractivity contribution in [2.75, 3.05) is 25.4 Å². The zero-order valence-electron chi connectivity index (χ0n) is 10.2. The summed E-state index contributed by atoms with van der Waals surface area (Å²) in [4.78, 5) is 11.0. The lowest BCUT2D eigenvalue weighted by molar-refractivity contribution is -0.142. The number of nitrogens with one attached hydrogen (secondary N) is 1. The summed E-state index contributed by atoms with van der Waals surface area (Å²) in [7, 11) is 0. The number of anilines is 1. The lowest BCUT2D eigenvalue weighted by Gasteiger charge is -2.06. The van der Waals surface area contributed by atoms with Crippen LogP contribution < -0.4 is 11.1 Å². The molecule has 0 heterocycles. The van der Waals surface area contributed by atoms with Crippen molar-refractivity contribution in [3.63, 3.8) is 0 Å². The predicted molar refractivity (Wildman–Crippen MR) is 68.7 cm³/mol. The van der Waals surface area contributed by atoms with E-state index in [0.29, 0.717) is 19.6 Å². The smallest absolute Gasteiger partial charge is 0.307 e. The third-order valence-corrected chi connectivity index (χ3v) is 2.44. The quantitative estimate of drug-likeness (QED) is 0.426. The molecule has 1 aromatic carbocycles. The molecular formula is C13H20N2O2. The first-order valence-corrected chi connectivity index (χ1v) is 5.93. The van der Waals surface area contributed by atoms with Crippen molar-refractivity contribution in [2.45, 2.75) is 19.8 Å². The highest BCUT2D eigenvalue weighted by atomic mass is 16.5. The largest absolute Gasteiger partial charge is 0.466 e. The van der Waals surface area contributed by atoms with Gasteiger partial charge in [0.05, 0.1) is 13.0 Å². The third kappa shape index (κ3) is 5.36. The summed E-state index contributed by atoms with van der Waals surface area (Å²) in [5.41, 5.74) is 7.78. The highest BCUT2D eigenvalue weighted by molar-refractivity contribution is 5.69. The fraction of sp³-hybridized carbons (Fsp3) is 0.462. The summed E-state index contributed by atoms with van der Waals surface area (Å²) in [6, 6.07) is 7.81. The average molecular weight is 236 g/mol. The molecule has 0 aliphatic heterocycles. The van der Waals surface area contributed by atoms with Gasteiger partial charge in [-0.3, -0.25) is 4.79 Å². The van der Waals surface area contributed by atoms with E-state index in [0.717, 1.165) is 24.2 Å². The highest BCUT2D eigenvalue weighted by Crippen LogP contribution is 2.10. The van der Waals surface area contributed by atoms with Crippen LogP contribution in [0.15, 0.2) is 24.3 Å². The Morgan fingerprint density at radius 1 is 1.35 bits per heavy atom. The van der Waals surface area contributed by atoms with Gasteiger partial charge in [-0.2, -0.15) is 0 Å². The van der Waals surface area contributed by atoms with E-state index in [1.54, 1.807) is 0 Å². The van der Waals surface area contributed by atoms with Gasteiger partial charge in [-0.05, 0) is 31.5 Å². The Hall–Kier alpha value is -1.55. The minimum absolute atomic E-state index is 0.153. The maximum Gasteiger partial charge on any atom is 0.307 e. The van der Waals surface area contributed by atoms with Crippen LogP contribution in [0.25, 0.3) is 0 Å². The number of hydrogen-bond donors (Lipinski definition) is 2. The molecule has 0 amide bonds. The van der Waals surface area contributed by atoms with Crippen LogP contribution in [0, 0.1) is 0 Å². The molecule has 0 fully saturated rings. The van der Waals surface area contributed by atoms with Crippen LogP contribution in [0.1, 0.15) is 18.9 Å². The summed E-state index contributed by atoms with van der Waals surface area (Å²) >= 11 is 0. The Kier molecular flexibility index (Phi) is 6.10. The number of hydrogen-bond acceptors (Lipinski definition) is 4. The van der Waals surface area contributed by atoms with Crippen molar-refractivity contribution < 1.29 is 9.53 Å². The Balaban J connectivity index is 2.13. The van der Waals surface area contributed by atoms with Gasteiger partial charge in [0.25, 0.3) is 0 Å². The van der Waals surface area contributed by atoms with Gasteiger partial charge in [-0.15, -0.1) is 0 Å². The monoisotopic (exact) mass is 236 g/mol. The van der Waals surface area contributed by atoms with Gasteiger partial charge in [0.2, 0.25) is 0 Å². The van der Waals surface area contributed by atoms with E-state index in [2.05, 4.69) is 5.32 Å². The van der Waals surface area contributed by atoms with Crippen LogP contribution in [0.4, 0.5) is 5.69 Å². The molecule has 94 valence electrons. The molecular weight excluding hydrogens is 216 g/mol. The summed E-state index contributed by atoms with van der Waals surface area (Å²) in [6.07, 6.45) is 1.29. The first-order valence-electron chi connectivity index (χ1n) is 5.93. The van der Waals surface area contributed by atoms with Crippen LogP contribution in [0.5, 0.6) is 0 Å². The van der Waals surface area contributed by atoms with Gasteiger partial charge in [-0.25, -0.2) is 0 Å². The molecule has 3 N–H and O–H groups in total. The molecule has 0 aliphatic rings. The Labute approximate surface area is 102 Å². The Morgan fingerprint density at radius 2 is 2.12 bits per heavy atom.